The normalized spacial score (nSPS) is 10.5. The predicted molar refractivity (Wildman–Crippen MR) is 44.9 cm³/mol. The van der Waals surface area contributed by atoms with Crippen LogP contribution in [0.1, 0.15) is 11.1 Å². The second-order valence-electron chi connectivity index (χ2n) is 2.72. The quantitative estimate of drug-likeness (QED) is 0.730. The lowest BCUT2D eigenvalue weighted by Crippen LogP contribution is -2.12. The minimum absolute atomic E-state index is 0.361. The molecule has 0 aliphatic heterocycles. The molecule has 0 heterocycles. The summed E-state index contributed by atoms with van der Waals surface area (Å²) in [7, 11) is 1.47. The van der Waals surface area contributed by atoms with Crippen LogP contribution in [0, 0.1) is 18.6 Å². The number of aryl methyl sites for hydroxylation is 1. The number of nitrogens with one attached hydrogen (secondary N) is 1. The lowest BCUT2D eigenvalue weighted by Gasteiger charge is -2.06. The van der Waals surface area contributed by atoms with E-state index in [4.69, 9.17) is 0 Å². The molecule has 0 radical (unpaired) electrons. The molecule has 0 aliphatic carbocycles. The van der Waals surface area contributed by atoms with E-state index in [1.807, 2.05) is 0 Å². The van der Waals surface area contributed by atoms with Crippen LogP contribution in [0.15, 0.2) is 12.1 Å². The zero-order valence-corrected chi connectivity index (χ0v) is 7.53. The summed E-state index contributed by atoms with van der Waals surface area (Å²) in [4.78, 5) is 4.60. The van der Waals surface area contributed by atoms with E-state index in [0.29, 0.717) is 17.7 Å². The van der Waals surface area contributed by atoms with Crippen molar-refractivity contribution in [3.8, 4) is 0 Å². The van der Waals surface area contributed by atoms with Gasteiger partial charge in [0.05, 0.1) is 7.11 Å². The first-order valence-electron chi connectivity index (χ1n) is 3.85. The molecule has 0 spiro atoms. The molecule has 72 valence electrons. The third kappa shape index (κ3) is 2.47. The highest BCUT2D eigenvalue weighted by atomic mass is 19.2. The van der Waals surface area contributed by atoms with Gasteiger partial charge < -0.3 is 4.84 Å². The summed E-state index contributed by atoms with van der Waals surface area (Å²) in [6.07, 6.45) is 0. The maximum atomic E-state index is 12.7. The van der Waals surface area contributed by atoms with Crippen molar-refractivity contribution in [2.45, 2.75) is 13.5 Å². The van der Waals surface area contributed by atoms with Crippen LogP contribution in [0.25, 0.3) is 0 Å². The molecule has 0 bridgehead atoms. The third-order valence-electron chi connectivity index (χ3n) is 1.79. The summed E-state index contributed by atoms with van der Waals surface area (Å²) < 4.78 is 25.4. The third-order valence-corrected chi connectivity index (χ3v) is 1.79. The van der Waals surface area contributed by atoms with Gasteiger partial charge >= 0.3 is 0 Å². The van der Waals surface area contributed by atoms with Gasteiger partial charge in [-0.05, 0) is 30.2 Å². The largest absolute Gasteiger partial charge is 0.305 e. The van der Waals surface area contributed by atoms with Gasteiger partial charge in [0.2, 0.25) is 0 Å². The highest BCUT2D eigenvalue weighted by molar-refractivity contribution is 5.27. The molecular weight excluding hydrogens is 176 g/mol. The summed E-state index contributed by atoms with van der Waals surface area (Å²) in [5.41, 5.74) is 3.94. The Kier molecular flexibility index (Phi) is 3.33. The molecule has 0 aliphatic rings. The molecule has 0 aromatic heterocycles. The number of halogens is 2. The van der Waals surface area contributed by atoms with Crippen LogP contribution in [0.2, 0.25) is 0 Å². The van der Waals surface area contributed by atoms with Gasteiger partial charge in [-0.2, -0.15) is 5.48 Å². The summed E-state index contributed by atoms with van der Waals surface area (Å²) in [5, 5.41) is 0. The number of hydrogen-bond acceptors (Lipinski definition) is 2. The van der Waals surface area contributed by atoms with Crippen molar-refractivity contribution in [3.05, 3.63) is 34.9 Å². The SMILES string of the molecule is CONCc1cc(F)c(F)cc1C. The molecule has 1 rings (SSSR count). The lowest BCUT2D eigenvalue weighted by molar-refractivity contribution is 0.0865. The fraction of sp³-hybridized carbons (Fsp3) is 0.333. The Hall–Kier alpha value is -1.00. The predicted octanol–water partition coefficient (Wildman–Crippen LogP) is 1.92. The van der Waals surface area contributed by atoms with E-state index < -0.39 is 11.6 Å². The van der Waals surface area contributed by atoms with E-state index in [9.17, 15) is 8.78 Å². The Morgan fingerprint density at radius 3 is 2.54 bits per heavy atom. The van der Waals surface area contributed by atoms with Crippen LogP contribution in [0.3, 0.4) is 0 Å². The van der Waals surface area contributed by atoms with Crippen LogP contribution in [0.4, 0.5) is 8.78 Å². The lowest BCUT2D eigenvalue weighted by atomic mass is 10.1. The van der Waals surface area contributed by atoms with Crippen molar-refractivity contribution in [2.24, 2.45) is 0 Å². The molecule has 0 atom stereocenters. The van der Waals surface area contributed by atoms with Crippen molar-refractivity contribution in [3.63, 3.8) is 0 Å². The fourth-order valence-electron chi connectivity index (χ4n) is 1.03. The molecule has 13 heavy (non-hydrogen) atoms. The van der Waals surface area contributed by atoms with Crippen molar-refractivity contribution in [1.82, 2.24) is 5.48 Å². The smallest absolute Gasteiger partial charge is 0.159 e. The Morgan fingerprint density at radius 1 is 1.31 bits per heavy atom. The van der Waals surface area contributed by atoms with E-state index in [-0.39, 0.29) is 0 Å². The monoisotopic (exact) mass is 187 g/mol. The average molecular weight is 187 g/mol. The van der Waals surface area contributed by atoms with Crippen molar-refractivity contribution < 1.29 is 13.6 Å². The zero-order chi connectivity index (χ0) is 9.84. The summed E-state index contributed by atoms with van der Waals surface area (Å²) in [6.45, 7) is 2.08. The molecule has 0 amide bonds. The number of hydroxylamine groups is 1. The topological polar surface area (TPSA) is 21.3 Å². The Bertz CT molecular complexity index is 302. The Balaban J connectivity index is 2.88. The number of benzene rings is 1. The second kappa shape index (κ2) is 4.30. The molecule has 0 fully saturated rings. The van der Waals surface area contributed by atoms with Crippen molar-refractivity contribution in [1.29, 1.82) is 0 Å². The van der Waals surface area contributed by atoms with E-state index in [2.05, 4.69) is 10.3 Å². The van der Waals surface area contributed by atoms with Crippen LogP contribution < -0.4 is 5.48 Å². The molecule has 0 saturated heterocycles. The highest BCUT2D eigenvalue weighted by Gasteiger charge is 2.05. The van der Waals surface area contributed by atoms with E-state index >= 15 is 0 Å². The van der Waals surface area contributed by atoms with Gasteiger partial charge in [0, 0.05) is 6.54 Å². The summed E-state index contributed by atoms with van der Waals surface area (Å²) in [5.74, 6) is -1.66. The van der Waals surface area contributed by atoms with Gasteiger partial charge in [0.1, 0.15) is 0 Å². The molecule has 0 saturated carbocycles. The maximum Gasteiger partial charge on any atom is 0.159 e. The summed E-state index contributed by atoms with van der Waals surface area (Å²) >= 11 is 0. The van der Waals surface area contributed by atoms with Crippen LogP contribution in [-0.2, 0) is 11.4 Å². The first-order chi connectivity index (χ1) is 6.15. The molecule has 1 N–H and O–H groups in total. The number of rotatable bonds is 3. The van der Waals surface area contributed by atoms with E-state index in [1.165, 1.54) is 13.2 Å². The van der Waals surface area contributed by atoms with Gasteiger partial charge in [-0.15, -0.1) is 0 Å². The first-order valence-corrected chi connectivity index (χ1v) is 3.85. The molecular formula is C9H11F2NO. The molecule has 0 unspecified atom stereocenters. The molecule has 2 nitrogen and oxygen atoms in total. The zero-order valence-electron chi connectivity index (χ0n) is 7.53. The van der Waals surface area contributed by atoms with Gasteiger partial charge in [-0.1, -0.05) is 0 Å². The van der Waals surface area contributed by atoms with E-state index in [1.54, 1.807) is 6.92 Å². The Labute approximate surface area is 75.5 Å². The number of hydrogen-bond donors (Lipinski definition) is 1. The highest BCUT2D eigenvalue weighted by Crippen LogP contribution is 2.13. The van der Waals surface area contributed by atoms with Crippen LogP contribution >= 0.6 is 0 Å². The van der Waals surface area contributed by atoms with Gasteiger partial charge in [0.25, 0.3) is 0 Å². The molecule has 1 aromatic rings. The van der Waals surface area contributed by atoms with Crippen LogP contribution in [-0.4, -0.2) is 7.11 Å². The standard InChI is InChI=1S/C9H11F2NO/c1-6-3-8(10)9(11)4-7(6)5-12-13-2/h3-4,12H,5H2,1-2H3. The molecule has 1 aromatic carbocycles. The van der Waals surface area contributed by atoms with Gasteiger partial charge in [0.15, 0.2) is 11.6 Å². The van der Waals surface area contributed by atoms with Crippen molar-refractivity contribution in [2.75, 3.05) is 7.11 Å². The maximum absolute atomic E-state index is 12.7. The van der Waals surface area contributed by atoms with Gasteiger partial charge in [-0.25, -0.2) is 8.78 Å². The molecule has 4 heteroatoms. The first kappa shape index (κ1) is 10.1. The second-order valence-corrected chi connectivity index (χ2v) is 2.72. The average Bonchev–Trinajstić information content (AvgIpc) is 2.09. The minimum atomic E-state index is -0.835. The fourth-order valence-corrected chi connectivity index (χ4v) is 1.03. The van der Waals surface area contributed by atoms with E-state index in [0.717, 1.165) is 6.07 Å². The van der Waals surface area contributed by atoms with Crippen molar-refractivity contribution >= 4 is 0 Å². The minimum Gasteiger partial charge on any atom is -0.305 e. The van der Waals surface area contributed by atoms with Crippen LogP contribution in [0.5, 0.6) is 0 Å². The van der Waals surface area contributed by atoms with Gasteiger partial charge in [-0.3, -0.25) is 0 Å². The Morgan fingerprint density at radius 2 is 1.92 bits per heavy atom. The summed E-state index contributed by atoms with van der Waals surface area (Å²) in [6, 6.07) is 2.33.